The predicted molar refractivity (Wildman–Crippen MR) is 84.5 cm³/mol. The summed E-state index contributed by atoms with van der Waals surface area (Å²) in [5.74, 6) is 0.0511. The van der Waals surface area contributed by atoms with E-state index in [2.05, 4.69) is 35.6 Å². The van der Waals surface area contributed by atoms with Crippen LogP contribution in [0.15, 0.2) is 48.5 Å². The van der Waals surface area contributed by atoms with Crippen LogP contribution in [0.2, 0.25) is 0 Å². The minimum absolute atomic E-state index is 0.0511. The summed E-state index contributed by atoms with van der Waals surface area (Å²) in [6.45, 7) is 0.966. The molecule has 0 bridgehead atoms. The van der Waals surface area contributed by atoms with Gasteiger partial charge in [-0.1, -0.05) is 36.4 Å². The largest absolute Gasteiger partial charge is 0.345 e. The molecular formula is C18H20N2O. The van der Waals surface area contributed by atoms with Gasteiger partial charge in [0.1, 0.15) is 0 Å². The van der Waals surface area contributed by atoms with E-state index < -0.39 is 0 Å². The Balaban J connectivity index is 2.03. The molecule has 0 radical (unpaired) electrons. The Kier molecular flexibility index (Phi) is 3.76. The second-order valence-electron chi connectivity index (χ2n) is 5.66. The molecule has 3 heteroatoms. The molecular weight excluding hydrogens is 260 g/mol. The summed E-state index contributed by atoms with van der Waals surface area (Å²) in [6.07, 6.45) is 1.01. The second-order valence-corrected chi connectivity index (χ2v) is 5.66. The molecule has 0 saturated heterocycles. The SMILES string of the molecule is CN(C)C(=O)c1ccc2c(c1)C(c1ccccc1)NCC2. The highest BCUT2D eigenvalue weighted by atomic mass is 16.2. The zero-order valence-electron chi connectivity index (χ0n) is 12.5. The molecule has 108 valence electrons. The molecule has 1 aliphatic heterocycles. The van der Waals surface area contributed by atoms with Crippen LogP contribution in [0.3, 0.4) is 0 Å². The fourth-order valence-corrected chi connectivity index (χ4v) is 2.89. The fraction of sp³-hybridized carbons (Fsp3) is 0.278. The van der Waals surface area contributed by atoms with E-state index in [0.29, 0.717) is 0 Å². The molecule has 1 amide bonds. The monoisotopic (exact) mass is 280 g/mol. The Morgan fingerprint density at radius 1 is 1.14 bits per heavy atom. The number of amides is 1. The van der Waals surface area contributed by atoms with Crippen LogP contribution >= 0.6 is 0 Å². The van der Waals surface area contributed by atoms with E-state index in [0.717, 1.165) is 18.5 Å². The molecule has 0 aliphatic carbocycles. The maximum atomic E-state index is 12.2. The van der Waals surface area contributed by atoms with E-state index in [-0.39, 0.29) is 11.9 Å². The van der Waals surface area contributed by atoms with Gasteiger partial charge in [0.25, 0.3) is 5.91 Å². The molecule has 1 aliphatic rings. The Hall–Kier alpha value is -2.13. The number of fused-ring (bicyclic) bond motifs is 1. The quantitative estimate of drug-likeness (QED) is 0.917. The zero-order valence-corrected chi connectivity index (χ0v) is 12.5. The molecule has 1 heterocycles. The first kappa shape index (κ1) is 13.8. The number of hydrogen-bond acceptors (Lipinski definition) is 2. The van der Waals surface area contributed by atoms with Crippen molar-refractivity contribution in [2.45, 2.75) is 12.5 Å². The summed E-state index contributed by atoms with van der Waals surface area (Å²) in [6, 6.07) is 16.7. The van der Waals surface area contributed by atoms with Crippen molar-refractivity contribution in [1.29, 1.82) is 0 Å². The lowest BCUT2D eigenvalue weighted by Crippen LogP contribution is -2.31. The van der Waals surface area contributed by atoms with E-state index in [1.54, 1.807) is 19.0 Å². The van der Waals surface area contributed by atoms with Gasteiger partial charge in [-0.15, -0.1) is 0 Å². The number of carbonyl (C=O) groups is 1. The van der Waals surface area contributed by atoms with Gasteiger partial charge in [0.2, 0.25) is 0 Å². The van der Waals surface area contributed by atoms with Crippen molar-refractivity contribution in [3.63, 3.8) is 0 Å². The van der Waals surface area contributed by atoms with Crippen LogP contribution in [0.25, 0.3) is 0 Å². The van der Waals surface area contributed by atoms with Gasteiger partial charge in [-0.25, -0.2) is 0 Å². The minimum atomic E-state index is 0.0511. The van der Waals surface area contributed by atoms with Crippen LogP contribution in [0.5, 0.6) is 0 Å². The topological polar surface area (TPSA) is 32.3 Å². The van der Waals surface area contributed by atoms with Crippen LogP contribution in [0.1, 0.15) is 33.1 Å². The highest BCUT2D eigenvalue weighted by Crippen LogP contribution is 2.29. The van der Waals surface area contributed by atoms with E-state index in [1.807, 2.05) is 18.2 Å². The summed E-state index contributed by atoms with van der Waals surface area (Å²) < 4.78 is 0. The summed E-state index contributed by atoms with van der Waals surface area (Å²) >= 11 is 0. The van der Waals surface area contributed by atoms with E-state index >= 15 is 0 Å². The fourth-order valence-electron chi connectivity index (χ4n) is 2.89. The van der Waals surface area contributed by atoms with Crippen LogP contribution in [-0.2, 0) is 6.42 Å². The van der Waals surface area contributed by atoms with Gasteiger partial charge in [-0.3, -0.25) is 4.79 Å². The van der Waals surface area contributed by atoms with E-state index in [9.17, 15) is 4.79 Å². The number of hydrogen-bond donors (Lipinski definition) is 1. The highest BCUT2D eigenvalue weighted by Gasteiger charge is 2.22. The Labute approximate surface area is 125 Å². The molecule has 0 saturated carbocycles. The number of nitrogens with zero attached hydrogens (tertiary/aromatic N) is 1. The van der Waals surface area contributed by atoms with Gasteiger partial charge in [-0.05, 0) is 35.2 Å². The summed E-state index contributed by atoms with van der Waals surface area (Å²) in [7, 11) is 3.57. The van der Waals surface area contributed by atoms with Gasteiger partial charge in [0.05, 0.1) is 6.04 Å². The second kappa shape index (κ2) is 5.70. The number of nitrogens with one attached hydrogen (secondary N) is 1. The number of carbonyl (C=O) groups excluding carboxylic acids is 1. The molecule has 0 spiro atoms. The third kappa shape index (κ3) is 2.69. The van der Waals surface area contributed by atoms with Crippen LogP contribution < -0.4 is 5.32 Å². The van der Waals surface area contributed by atoms with Crippen LogP contribution in [0.4, 0.5) is 0 Å². The lowest BCUT2D eigenvalue weighted by molar-refractivity contribution is 0.0827. The highest BCUT2D eigenvalue weighted by molar-refractivity contribution is 5.94. The zero-order chi connectivity index (χ0) is 14.8. The standard InChI is InChI=1S/C18H20N2O/c1-20(2)18(21)15-9-8-13-10-11-19-17(16(13)12-15)14-6-4-3-5-7-14/h3-9,12,17,19H,10-11H2,1-2H3. The molecule has 0 aromatic heterocycles. The molecule has 2 aromatic carbocycles. The normalized spacial score (nSPS) is 17.1. The molecule has 2 aromatic rings. The lowest BCUT2D eigenvalue weighted by atomic mass is 9.88. The lowest BCUT2D eigenvalue weighted by Gasteiger charge is -2.28. The first-order chi connectivity index (χ1) is 10.2. The maximum Gasteiger partial charge on any atom is 0.253 e. The van der Waals surface area contributed by atoms with Crippen molar-refractivity contribution >= 4 is 5.91 Å². The van der Waals surface area contributed by atoms with Gasteiger partial charge in [0.15, 0.2) is 0 Å². The first-order valence-corrected chi connectivity index (χ1v) is 7.29. The van der Waals surface area contributed by atoms with E-state index in [4.69, 9.17) is 0 Å². The van der Waals surface area contributed by atoms with Crippen molar-refractivity contribution < 1.29 is 4.79 Å². The molecule has 3 rings (SSSR count). The van der Waals surface area contributed by atoms with Gasteiger partial charge in [-0.2, -0.15) is 0 Å². The smallest absolute Gasteiger partial charge is 0.253 e. The minimum Gasteiger partial charge on any atom is -0.345 e. The van der Waals surface area contributed by atoms with Crippen molar-refractivity contribution in [3.8, 4) is 0 Å². The third-order valence-corrected chi connectivity index (χ3v) is 3.99. The Morgan fingerprint density at radius 3 is 2.62 bits per heavy atom. The summed E-state index contributed by atoms with van der Waals surface area (Å²) in [5.41, 5.74) is 4.55. The molecule has 1 N–H and O–H groups in total. The van der Waals surface area contributed by atoms with Crippen LogP contribution in [-0.4, -0.2) is 31.4 Å². The molecule has 21 heavy (non-hydrogen) atoms. The average Bonchev–Trinajstić information content (AvgIpc) is 2.53. The van der Waals surface area contributed by atoms with Crippen LogP contribution in [0, 0.1) is 0 Å². The van der Waals surface area contributed by atoms with Crippen molar-refractivity contribution in [2.24, 2.45) is 0 Å². The van der Waals surface area contributed by atoms with E-state index in [1.165, 1.54) is 16.7 Å². The summed E-state index contributed by atoms with van der Waals surface area (Å²) in [5, 5.41) is 3.56. The van der Waals surface area contributed by atoms with Gasteiger partial charge < -0.3 is 10.2 Å². The number of benzene rings is 2. The maximum absolute atomic E-state index is 12.2. The molecule has 3 nitrogen and oxygen atoms in total. The molecule has 0 fully saturated rings. The van der Waals surface area contributed by atoms with Crippen molar-refractivity contribution in [2.75, 3.05) is 20.6 Å². The van der Waals surface area contributed by atoms with Crippen molar-refractivity contribution in [3.05, 3.63) is 70.8 Å². The first-order valence-electron chi connectivity index (χ1n) is 7.29. The van der Waals surface area contributed by atoms with Crippen molar-refractivity contribution in [1.82, 2.24) is 10.2 Å². The van der Waals surface area contributed by atoms with Gasteiger partial charge >= 0.3 is 0 Å². The molecule has 1 atom stereocenters. The molecule has 1 unspecified atom stereocenters. The number of rotatable bonds is 2. The predicted octanol–water partition coefficient (Wildman–Crippen LogP) is 2.62. The third-order valence-electron chi connectivity index (χ3n) is 3.99. The van der Waals surface area contributed by atoms with Gasteiger partial charge in [0, 0.05) is 26.2 Å². The Bertz CT molecular complexity index is 650. The average molecular weight is 280 g/mol. The summed E-state index contributed by atoms with van der Waals surface area (Å²) in [4.78, 5) is 13.8. The Morgan fingerprint density at radius 2 is 1.90 bits per heavy atom.